The van der Waals surface area contributed by atoms with E-state index in [0.717, 1.165) is 22.6 Å². The van der Waals surface area contributed by atoms with Gasteiger partial charge in [-0.15, -0.1) is 11.3 Å². The Balaban J connectivity index is 1.56. The van der Waals surface area contributed by atoms with Gasteiger partial charge >= 0.3 is 0 Å². The van der Waals surface area contributed by atoms with E-state index in [1.807, 2.05) is 12.1 Å². The molecule has 1 aromatic heterocycles. The molecule has 0 fully saturated rings. The first-order chi connectivity index (χ1) is 13.0. The lowest BCUT2D eigenvalue weighted by atomic mass is 10.1. The van der Waals surface area contributed by atoms with Gasteiger partial charge in [-0.2, -0.15) is 0 Å². The number of rotatable bonds is 3. The van der Waals surface area contributed by atoms with E-state index in [1.165, 1.54) is 11.3 Å². The Bertz CT molecular complexity index is 1040. The molecule has 0 aliphatic carbocycles. The van der Waals surface area contributed by atoms with Crippen molar-refractivity contribution in [3.8, 4) is 21.9 Å². The molecule has 2 heterocycles. The Morgan fingerprint density at radius 3 is 2.52 bits per heavy atom. The number of amides is 1. The number of halogens is 3. The topological polar surface area (TPSA) is 47.6 Å². The second kappa shape index (κ2) is 6.96. The van der Waals surface area contributed by atoms with Crippen LogP contribution < -0.4 is 14.8 Å². The quantitative estimate of drug-likeness (QED) is 0.649. The number of fused-ring (bicyclic) bond motifs is 1. The third-order valence-corrected chi connectivity index (χ3v) is 5.07. The summed E-state index contributed by atoms with van der Waals surface area (Å²) in [6.45, 7) is 0.963. The van der Waals surface area contributed by atoms with Crippen LogP contribution in [0.4, 0.5) is 18.9 Å². The monoisotopic (exact) mass is 391 g/mol. The molecule has 3 aromatic rings. The van der Waals surface area contributed by atoms with Crippen molar-refractivity contribution < 1.29 is 27.4 Å². The van der Waals surface area contributed by atoms with Gasteiger partial charge in [0, 0.05) is 4.88 Å². The van der Waals surface area contributed by atoms with Gasteiger partial charge in [0.05, 0.1) is 10.6 Å². The van der Waals surface area contributed by atoms with E-state index >= 15 is 0 Å². The molecule has 0 saturated heterocycles. The molecule has 0 unspecified atom stereocenters. The maximum absolute atomic E-state index is 13.7. The normalized spacial score (nSPS) is 12.7. The van der Waals surface area contributed by atoms with Gasteiger partial charge in [-0.05, 0) is 48.0 Å². The molecule has 27 heavy (non-hydrogen) atoms. The van der Waals surface area contributed by atoms with Crippen molar-refractivity contribution in [1.29, 1.82) is 0 Å². The van der Waals surface area contributed by atoms with E-state index in [2.05, 4.69) is 5.32 Å². The molecule has 8 heteroatoms. The third-order valence-electron chi connectivity index (χ3n) is 3.94. The van der Waals surface area contributed by atoms with Gasteiger partial charge in [-0.25, -0.2) is 13.2 Å². The average molecular weight is 391 g/mol. The van der Waals surface area contributed by atoms with Crippen LogP contribution in [0.25, 0.3) is 10.4 Å². The van der Waals surface area contributed by atoms with Gasteiger partial charge < -0.3 is 14.8 Å². The van der Waals surface area contributed by atoms with Crippen LogP contribution in [0, 0.1) is 17.5 Å². The van der Waals surface area contributed by atoms with Gasteiger partial charge in [0.25, 0.3) is 5.91 Å². The van der Waals surface area contributed by atoms with Gasteiger partial charge in [-0.3, -0.25) is 4.79 Å². The number of carbonyl (C=O) groups is 1. The number of benzene rings is 2. The zero-order chi connectivity index (χ0) is 19.0. The van der Waals surface area contributed by atoms with E-state index in [-0.39, 0.29) is 0 Å². The zero-order valence-electron chi connectivity index (χ0n) is 13.7. The fourth-order valence-electron chi connectivity index (χ4n) is 2.62. The molecular formula is C19H12F3NO3S. The van der Waals surface area contributed by atoms with E-state index in [0.29, 0.717) is 29.6 Å². The second-order valence-electron chi connectivity index (χ2n) is 5.70. The molecule has 0 radical (unpaired) electrons. The number of hydrogen-bond acceptors (Lipinski definition) is 4. The lowest BCUT2D eigenvalue weighted by Crippen LogP contribution is -2.15. The summed E-state index contributed by atoms with van der Waals surface area (Å²) in [4.78, 5) is 13.4. The van der Waals surface area contributed by atoms with Gasteiger partial charge in [0.1, 0.15) is 13.2 Å². The summed E-state index contributed by atoms with van der Waals surface area (Å²) in [5, 5.41) is 2.25. The van der Waals surface area contributed by atoms with Crippen LogP contribution in [0.15, 0.2) is 42.5 Å². The lowest BCUT2D eigenvalue weighted by molar-refractivity contribution is 0.103. The Hall–Kier alpha value is -3.00. The zero-order valence-corrected chi connectivity index (χ0v) is 14.5. The molecule has 1 amide bonds. The molecule has 2 aromatic carbocycles. The third kappa shape index (κ3) is 3.35. The minimum absolute atomic E-state index is 0.295. The van der Waals surface area contributed by atoms with Crippen LogP contribution in [0.3, 0.4) is 0 Å². The SMILES string of the molecule is O=C(Nc1ccc(F)c(F)c1F)c1ccc(-c2ccc3c(c2)OCCO3)s1. The first kappa shape index (κ1) is 17.4. The first-order valence-corrected chi connectivity index (χ1v) is 8.79. The van der Waals surface area contributed by atoms with E-state index in [1.54, 1.807) is 18.2 Å². The van der Waals surface area contributed by atoms with Gasteiger partial charge in [0.2, 0.25) is 0 Å². The number of hydrogen-bond donors (Lipinski definition) is 1. The predicted molar refractivity (Wildman–Crippen MR) is 95.0 cm³/mol. The van der Waals surface area contributed by atoms with Crippen LogP contribution in [0.1, 0.15) is 9.67 Å². The Labute approximate surface area is 156 Å². The summed E-state index contributed by atoms with van der Waals surface area (Å²) >= 11 is 1.18. The Morgan fingerprint density at radius 2 is 1.70 bits per heavy atom. The minimum atomic E-state index is -1.63. The standard InChI is InChI=1S/C19H12F3NO3S/c20-11-2-3-12(18(22)17(11)21)23-19(24)16-6-5-15(27-16)10-1-4-13-14(9-10)26-8-7-25-13/h1-6,9H,7-8H2,(H,23,24). The fourth-order valence-corrected chi connectivity index (χ4v) is 3.52. The predicted octanol–water partition coefficient (Wildman–Crippen LogP) is 4.86. The van der Waals surface area contributed by atoms with E-state index in [4.69, 9.17) is 9.47 Å². The van der Waals surface area contributed by atoms with Crippen molar-refractivity contribution in [2.75, 3.05) is 18.5 Å². The molecule has 0 spiro atoms. The van der Waals surface area contributed by atoms with Crippen molar-refractivity contribution in [3.63, 3.8) is 0 Å². The smallest absolute Gasteiger partial charge is 0.265 e. The van der Waals surface area contributed by atoms with Crippen molar-refractivity contribution in [2.24, 2.45) is 0 Å². The highest BCUT2D eigenvalue weighted by Gasteiger charge is 2.18. The highest BCUT2D eigenvalue weighted by Crippen LogP contribution is 2.37. The van der Waals surface area contributed by atoms with Crippen molar-refractivity contribution in [3.05, 3.63) is 64.8 Å². The molecule has 1 aliphatic heterocycles. The number of nitrogens with one attached hydrogen (secondary N) is 1. The average Bonchev–Trinajstić information content (AvgIpc) is 3.18. The number of carbonyl (C=O) groups excluding carboxylic acids is 1. The van der Waals surface area contributed by atoms with Gasteiger partial charge in [-0.1, -0.05) is 0 Å². The van der Waals surface area contributed by atoms with E-state index < -0.39 is 29.0 Å². The first-order valence-electron chi connectivity index (χ1n) is 7.97. The fraction of sp³-hybridized carbons (Fsp3) is 0.105. The highest BCUT2D eigenvalue weighted by atomic mass is 32.1. The van der Waals surface area contributed by atoms with Crippen LogP contribution in [0.2, 0.25) is 0 Å². The molecule has 4 rings (SSSR count). The molecule has 1 N–H and O–H groups in total. The molecule has 0 atom stereocenters. The molecule has 0 saturated carbocycles. The molecule has 1 aliphatic rings. The summed E-state index contributed by atoms with van der Waals surface area (Å²) in [6, 6.07) is 10.5. The van der Waals surface area contributed by atoms with E-state index in [9.17, 15) is 18.0 Å². The maximum Gasteiger partial charge on any atom is 0.265 e. The second-order valence-corrected chi connectivity index (χ2v) is 6.78. The van der Waals surface area contributed by atoms with Crippen LogP contribution in [-0.2, 0) is 0 Å². The van der Waals surface area contributed by atoms with Crippen molar-refractivity contribution in [1.82, 2.24) is 0 Å². The lowest BCUT2D eigenvalue weighted by Gasteiger charge is -2.18. The molecule has 4 nitrogen and oxygen atoms in total. The van der Waals surface area contributed by atoms with Crippen molar-refractivity contribution in [2.45, 2.75) is 0 Å². The summed E-state index contributed by atoms with van der Waals surface area (Å²) in [7, 11) is 0. The summed E-state index contributed by atoms with van der Waals surface area (Å²) < 4.78 is 51.0. The van der Waals surface area contributed by atoms with Gasteiger partial charge in [0.15, 0.2) is 29.0 Å². The molecule has 0 bridgehead atoms. The Kier molecular flexibility index (Phi) is 4.49. The summed E-state index contributed by atoms with van der Waals surface area (Å²) in [6.07, 6.45) is 0. The Morgan fingerprint density at radius 1 is 0.926 bits per heavy atom. The minimum Gasteiger partial charge on any atom is -0.486 e. The van der Waals surface area contributed by atoms with Crippen LogP contribution >= 0.6 is 11.3 Å². The number of ether oxygens (including phenoxy) is 2. The van der Waals surface area contributed by atoms with Crippen LogP contribution in [0.5, 0.6) is 11.5 Å². The summed E-state index contributed by atoms with van der Waals surface area (Å²) in [5.74, 6) is -3.71. The maximum atomic E-state index is 13.7. The molecule has 138 valence electrons. The largest absolute Gasteiger partial charge is 0.486 e. The number of anilines is 1. The molecular weight excluding hydrogens is 379 g/mol. The summed E-state index contributed by atoms with van der Waals surface area (Å²) in [5.41, 5.74) is 0.412. The van der Waals surface area contributed by atoms with Crippen molar-refractivity contribution >= 4 is 22.9 Å². The van der Waals surface area contributed by atoms with Crippen LogP contribution in [-0.4, -0.2) is 19.1 Å². The number of thiophene rings is 1. The highest BCUT2D eigenvalue weighted by molar-refractivity contribution is 7.17.